The predicted molar refractivity (Wildman–Crippen MR) is 76.1 cm³/mol. The summed E-state index contributed by atoms with van der Waals surface area (Å²) in [5, 5.41) is 0.901. The van der Waals surface area contributed by atoms with Crippen LogP contribution in [0.3, 0.4) is 0 Å². The van der Waals surface area contributed by atoms with Crippen LogP contribution in [0.4, 0.5) is 5.69 Å². The highest BCUT2D eigenvalue weighted by molar-refractivity contribution is 7.99. The summed E-state index contributed by atoms with van der Waals surface area (Å²) in [6, 6.07) is 8.36. The number of rotatable bonds is 3. The number of hydrogen-bond donors (Lipinski definition) is 1. The van der Waals surface area contributed by atoms with Crippen molar-refractivity contribution in [1.29, 1.82) is 0 Å². The maximum atomic E-state index is 5.81. The zero-order chi connectivity index (χ0) is 13.1. The lowest BCUT2D eigenvalue weighted by Gasteiger charge is -2.07. The van der Waals surface area contributed by atoms with Gasteiger partial charge in [-0.05, 0) is 35.2 Å². The Morgan fingerprint density at radius 2 is 1.89 bits per heavy atom. The van der Waals surface area contributed by atoms with Crippen LogP contribution >= 0.6 is 23.4 Å². The zero-order valence-corrected chi connectivity index (χ0v) is 11.8. The second-order valence-electron chi connectivity index (χ2n) is 4.23. The highest BCUT2D eigenvalue weighted by Crippen LogP contribution is 2.31. The van der Waals surface area contributed by atoms with Crippen LogP contribution in [0.1, 0.15) is 25.3 Å². The minimum absolute atomic E-state index is 0.213. The average Bonchev–Trinajstić information content (AvgIpc) is 2.34. The van der Waals surface area contributed by atoms with E-state index in [1.165, 1.54) is 23.5 Å². The molecule has 1 aromatic heterocycles. The Morgan fingerprint density at radius 1 is 1.22 bits per heavy atom. The molecule has 0 aliphatic heterocycles. The molecule has 1 aromatic carbocycles. The molecular formula is C13H14ClN3S. The molecule has 0 atom stereocenters. The molecule has 0 saturated carbocycles. The molecule has 0 saturated heterocycles. The Hall–Kier alpha value is -1.26. The van der Waals surface area contributed by atoms with Crippen LogP contribution in [0.25, 0.3) is 0 Å². The lowest BCUT2D eigenvalue weighted by molar-refractivity contribution is 0.865. The molecule has 0 fully saturated rings. The molecule has 5 heteroatoms. The Kier molecular flexibility index (Phi) is 4.09. The SMILES string of the molecule is CC(C)c1ccc(Sc2nc(Cl)ncc2N)cc1. The second kappa shape index (κ2) is 5.59. The molecule has 0 aliphatic carbocycles. The fourth-order valence-corrected chi connectivity index (χ4v) is 2.45. The quantitative estimate of drug-likeness (QED) is 0.682. The summed E-state index contributed by atoms with van der Waals surface area (Å²) in [5.41, 5.74) is 7.66. The van der Waals surface area contributed by atoms with Gasteiger partial charge in [-0.3, -0.25) is 0 Å². The van der Waals surface area contributed by atoms with Crippen LogP contribution in [0.2, 0.25) is 5.28 Å². The molecule has 2 aromatic rings. The number of benzene rings is 1. The summed E-state index contributed by atoms with van der Waals surface area (Å²) in [6.07, 6.45) is 1.53. The Bertz CT molecular complexity index is 540. The van der Waals surface area contributed by atoms with Crippen molar-refractivity contribution in [2.24, 2.45) is 0 Å². The van der Waals surface area contributed by atoms with E-state index in [0.717, 1.165) is 4.90 Å². The van der Waals surface area contributed by atoms with Gasteiger partial charge < -0.3 is 5.73 Å². The first-order valence-electron chi connectivity index (χ1n) is 5.62. The van der Waals surface area contributed by atoms with Crippen LogP contribution in [0, 0.1) is 0 Å². The fraction of sp³-hybridized carbons (Fsp3) is 0.231. The van der Waals surface area contributed by atoms with E-state index in [9.17, 15) is 0 Å². The largest absolute Gasteiger partial charge is 0.395 e. The van der Waals surface area contributed by atoms with E-state index in [0.29, 0.717) is 16.6 Å². The van der Waals surface area contributed by atoms with E-state index in [-0.39, 0.29) is 5.28 Å². The van der Waals surface area contributed by atoms with Crippen molar-refractivity contribution in [3.05, 3.63) is 41.3 Å². The predicted octanol–water partition coefficient (Wildman–Crippen LogP) is 3.99. The number of aromatic nitrogens is 2. The molecule has 0 spiro atoms. The van der Waals surface area contributed by atoms with Crippen molar-refractivity contribution in [3.8, 4) is 0 Å². The molecule has 1 heterocycles. The summed E-state index contributed by atoms with van der Waals surface area (Å²) < 4.78 is 0. The lowest BCUT2D eigenvalue weighted by Crippen LogP contribution is -1.94. The Balaban J connectivity index is 2.21. The first kappa shape index (κ1) is 13.2. The number of nitrogens with zero attached hydrogens (tertiary/aromatic N) is 2. The van der Waals surface area contributed by atoms with Crippen LogP contribution in [0.5, 0.6) is 0 Å². The van der Waals surface area contributed by atoms with Gasteiger partial charge in [0.15, 0.2) is 0 Å². The highest BCUT2D eigenvalue weighted by Gasteiger charge is 2.06. The summed E-state index contributed by atoms with van der Waals surface area (Å²) in [6.45, 7) is 4.34. The van der Waals surface area contributed by atoms with Crippen molar-refractivity contribution < 1.29 is 0 Å². The van der Waals surface area contributed by atoms with Crippen molar-refractivity contribution in [2.75, 3.05) is 5.73 Å². The highest BCUT2D eigenvalue weighted by atomic mass is 35.5. The van der Waals surface area contributed by atoms with Gasteiger partial charge in [-0.1, -0.05) is 37.7 Å². The third-order valence-electron chi connectivity index (χ3n) is 2.51. The lowest BCUT2D eigenvalue weighted by atomic mass is 10.0. The van der Waals surface area contributed by atoms with Gasteiger partial charge in [-0.15, -0.1) is 0 Å². The molecule has 2 N–H and O–H groups in total. The number of nitrogen functional groups attached to an aromatic ring is 1. The first-order valence-corrected chi connectivity index (χ1v) is 6.81. The van der Waals surface area contributed by atoms with Crippen molar-refractivity contribution in [1.82, 2.24) is 9.97 Å². The van der Waals surface area contributed by atoms with Crippen LogP contribution in [-0.2, 0) is 0 Å². The van der Waals surface area contributed by atoms with Crippen LogP contribution in [-0.4, -0.2) is 9.97 Å². The molecule has 0 bridgehead atoms. The van der Waals surface area contributed by atoms with Gasteiger partial charge in [0, 0.05) is 4.90 Å². The van der Waals surface area contributed by atoms with Crippen molar-refractivity contribution in [2.45, 2.75) is 29.7 Å². The van der Waals surface area contributed by atoms with E-state index in [1.54, 1.807) is 0 Å². The Labute approximate surface area is 116 Å². The minimum atomic E-state index is 0.213. The van der Waals surface area contributed by atoms with Gasteiger partial charge in [0.25, 0.3) is 0 Å². The van der Waals surface area contributed by atoms with E-state index >= 15 is 0 Å². The molecule has 94 valence electrons. The molecule has 0 unspecified atom stereocenters. The number of halogens is 1. The summed E-state index contributed by atoms with van der Waals surface area (Å²) >= 11 is 7.25. The van der Waals surface area contributed by atoms with E-state index < -0.39 is 0 Å². The van der Waals surface area contributed by atoms with E-state index in [2.05, 4.69) is 48.1 Å². The first-order chi connectivity index (χ1) is 8.56. The van der Waals surface area contributed by atoms with Crippen molar-refractivity contribution in [3.63, 3.8) is 0 Å². The second-order valence-corrected chi connectivity index (χ2v) is 5.63. The van der Waals surface area contributed by atoms with E-state index in [4.69, 9.17) is 17.3 Å². The van der Waals surface area contributed by atoms with Gasteiger partial charge in [0.2, 0.25) is 5.28 Å². The smallest absolute Gasteiger partial charge is 0.223 e. The van der Waals surface area contributed by atoms with Gasteiger partial charge in [0.1, 0.15) is 5.03 Å². The normalized spacial score (nSPS) is 10.9. The van der Waals surface area contributed by atoms with Gasteiger partial charge in [-0.2, -0.15) is 0 Å². The minimum Gasteiger partial charge on any atom is -0.395 e. The van der Waals surface area contributed by atoms with Gasteiger partial charge in [0.05, 0.1) is 11.9 Å². The fourth-order valence-electron chi connectivity index (χ4n) is 1.47. The summed E-state index contributed by atoms with van der Waals surface area (Å²) in [7, 11) is 0. The van der Waals surface area contributed by atoms with Crippen LogP contribution in [0.15, 0.2) is 40.4 Å². The maximum Gasteiger partial charge on any atom is 0.223 e. The standard InChI is InChI=1S/C13H14ClN3S/c1-8(2)9-3-5-10(6-4-9)18-12-11(15)7-16-13(14)17-12/h3-8H,15H2,1-2H3. The third kappa shape index (κ3) is 3.15. The van der Waals surface area contributed by atoms with E-state index in [1.807, 2.05) is 0 Å². The molecule has 2 rings (SSSR count). The molecule has 18 heavy (non-hydrogen) atoms. The third-order valence-corrected chi connectivity index (χ3v) is 3.72. The van der Waals surface area contributed by atoms with Crippen LogP contribution < -0.4 is 5.73 Å². The monoisotopic (exact) mass is 279 g/mol. The molecule has 0 radical (unpaired) electrons. The summed E-state index contributed by atoms with van der Waals surface area (Å²) in [5.74, 6) is 0.530. The number of hydrogen-bond acceptors (Lipinski definition) is 4. The van der Waals surface area contributed by atoms with Gasteiger partial charge >= 0.3 is 0 Å². The van der Waals surface area contributed by atoms with Gasteiger partial charge in [-0.25, -0.2) is 9.97 Å². The number of anilines is 1. The number of nitrogens with two attached hydrogens (primary N) is 1. The zero-order valence-electron chi connectivity index (χ0n) is 10.2. The van der Waals surface area contributed by atoms with Crippen molar-refractivity contribution >= 4 is 29.1 Å². The Morgan fingerprint density at radius 3 is 2.50 bits per heavy atom. The summed E-state index contributed by atoms with van der Waals surface area (Å²) in [4.78, 5) is 9.04. The molecule has 3 nitrogen and oxygen atoms in total. The molecule has 0 aliphatic rings. The topological polar surface area (TPSA) is 51.8 Å². The molecular weight excluding hydrogens is 266 g/mol. The molecule has 0 amide bonds. The maximum absolute atomic E-state index is 5.81. The average molecular weight is 280 g/mol.